The lowest BCUT2D eigenvalue weighted by Gasteiger charge is -2.06. The number of aromatic amines is 1. The Morgan fingerprint density at radius 3 is 2.19 bits per heavy atom. The molecule has 1 aromatic heterocycles. The number of ether oxygens (including phenoxy) is 1. The number of H-pyrrole nitrogens is 1. The van der Waals surface area contributed by atoms with Crippen molar-refractivity contribution in [3.05, 3.63) is 59.2 Å². The molecule has 0 fully saturated rings. The highest BCUT2D eigenvalue weighted by molar-refractivity contribution is 7.91. The zero-order valence-corrected chi connectivity index (χ0v) is 15.2. The molecule has 7 nitrogen and oxygen atoms in total. The molecule has 0 amide bonds. The van der Waals surface area contributed by atoms with Crippen LogP contribution in [0.3, 0.4) is 0 Å². The van der Waals surface area contributed by atoms with Crippen molar-refractivity contribution < 1.29 is 17.9 Å². The number of sulfone groups is 1. The van der Waals surface area contributed by atoms with Gasteiger partial charge in [0.05, 0.1) is 16.4 Å². The number of nitrogens with zero attached hydrogens (tertiary/aromatic N) is 2. The molecule has 0 saturated heterocycles. The molecular formula is C17H14ClN3O4S. The second-order valence-electron chi connectivity index (χ2n) is 5.22. The molecule has 0 aliphatic heterocycles. The second-order valence-corrected chi connectivity index (χ2v) is 7.61. The highest BCUT2D eigenvalue weighted by Crippen LogP contribution is 2.26. The number of aromatic nitrogens is 3. The molecular weight excluding hydrogens is 378 g/mol. The Morgan fingerprint density at radius 1 is 1.04 bits per heavy atom. The van der Waals surface area contributed by atoms with Gasteiger partial charge in [0, 0.05) is 10.6 Å². The standard InChI is InChI=1S/C17H14ClN3O4S/c1-2-25-17(22)16-15(19-21-20-16)11-3-7-13(8-4-11)26(23,24)14-9-5-12(18)6-10-14/h3-10H,2H2,1H3,(H,19,20,21). The van der Waals surface area contributed by atoms with Gasteiger partial charge in [0.25, 0.3) is 0 Å². The number of nitrogens with one attached hydrogen (secondary N) is 1. The first-order valence-electron chi connectivity index (χ1n) is 7.62. The summed E-state index contributed by atoms with van der Waals surface area (Å²) in [5, 5.41) is 10.6. The Kier molecular flexibility index (Phi) is 5.06. The fourth-order valence-corrected chi connectivity index (χ4v) is 3.70. The maximum Gasteiger partial charge on any atom is 0.361 e. The maximum atomic E-state index is 12.7. The minimum Gasteiger partial charge on any atom is -0.461 e. The van der Waals surface area contributed by atoms with E-state index in [0.717, 1.165) is 0 Å². The molecule has 0 radical (unpaired) electrons. The van der Waals surface area contributed by atoms with Gasteiger partial charge in [-0.15, -0.1) is 5.10 Å². The number of rotatable bonds is 5. The lowest BCUT2D eigenvalue weighted by atomic mass is 10.1. The normalized spacial score (nSPS) is 11.3. The predicted octanol–water partition coefficient (Wildman–Crippen LogP) is 3.13. The molecule has 0 saturated carbocycles. The molecule has 2 aromatic carbocycles. The van der Waals surface area contributed by atoms with Gasteiger partial charge in [0.2, 0.25) is 9.84 Å². The molecule has 1 heterocycles. The van der Waals surface area contributed by atoms with Crippen LogP contribution in [-0.4, -0.2) is 36.4 Å². The van der Waals surface area contributed by atoms with Crippen molar-refractivity contribution in [1.82, 2.24) is 15.4 Å². The second kappa shape index (κ2) is 7.27. The van der Waals surface area contributed by atoms with E-state index in [1.807, 2.05) is 0 Å². The van der Waals surface area contributed by atoms with E-state index in [2.05, 4.69) is 15.4 Å². The van der Waals surface area contributed by atoms with Crippen LogP contribution in [0.5, 0.6) is 0 Å². The first-order chi connectivity index (χ1) is 12.4. The molecule has 1 N–H and O–H groups in total. The average molecular weight is 392 g/mol. The summed E-state index contributed by atoms with van der Waals surface area (Å²) in [6.45, 7) is 1.90. The molecule has 0 aliphatic rings. The van der Waals surface area contributed by atoms with Crippen molar-refractivity contribution in [1.29, 1.82) is 0 Å². The Labute approximate surface area is 154 Å². The molecule has 3 rings (SSSR count). The molecule has 3 aromatic rings. The monoisotopic (exact) mass is 391 g/mol. The zero-order valence-electron chi connectivity index (χ0n) is 13.6. The number of benzene rings is 2. The van der Waals surface area contributed by atoms with Crippen molar-refractivity contribution in [3.8, 4) is 11.3 Å². The summed E-state index contributed by atoms with van der Waals surface area (Å²) in [5.41, 5.74) is 0.871. The van der Waals surface area contributed by atoms with Crippen molar-refractivity contribution in [3.63, 3.8) is 0 Å². The third-order valence-corrected chi connectivity index (χ3v) is 5.62. The van der Waals surface area contributed by atoms with Crippen LogP contribution in [0.25, 0.3) is 11.3 Å². The van der Waals surface area contributed by atoms with Crippen LogP contribution in [0.2, 0.25) is 5.02 Å². The minimum atomic E-state index is -3.67. The molecule has 0 unspecified atom stereocenters. The van der Waals surface area contributed by atoms with E-state index in [0.29, 0.717) is 16.3 Å². The minimum absolute atomic E-state index is 0.0418. The zero-order chi connectivity index (χ0) is 18.7. The van der Waals surface area contributed by atoms with E-state index in [9.17, 15) is 13.2 Å². The van der Waals surface area contributed by atoms with Crippen LogP contribution in [0, 0.1) is 0 Å². The van der Waals surface area contributed by atoms with Crippen LogP contribution >= 0.6 is 11.6 Å². The van der Waals surface area contributed by atoms with E-state index in [4.69, 9.17) is 16.3 Å². The molecule has 9 heteroatoms. The summed E-state index contributed by atoms with van der Waals surface area (Å²) in [6, 6.07) is 11.9. The van der Waals surface area contributed by atoms with Crippen molar-refractivity contribution >= 4 is 27.4 Å². The number of hydrogen-bond donors (Lipinski definition) is 1. The van der Waals surface area contributed by atoms with Crippen LogP contribution in [-0.2, 0) is 14.6 Å². The lowest BCUT2D eigenvalue weighted by Crippen LogP contribution is -2.07. The predicted molar refractivity (Wildman–Crippen MR) is 94.7 cm³/mol. The van der Waals surface area contributed by atoms with Gasteiger partial charge in [-0.2, -0.15) is 10.3 Å². The summed E-state index contributed by atoms with van der Waals surface area (Å²) in [6.07, 6.45) is 0. The van der Waals surface area contributed by atoms with Crippen LogP contribution in [0.4, 0.5) is 0 Å². The highest BCUT2D eigenvalue weighted by Gasteiger charge is 2.21. The smallest absolute Gasteiger partial charge is 0.361 e. The number of hydrogen-bond acceptors (Lipinski definition) is 6. The average Bonchev–Trinajstić information content (AvgIpc) is 3.12. The first kappa shape index (κ1) is 18.1. The topological polar surface area (TPSA) is 102 Å². The Morgan fingerprint density at radius 2 is 1.62 bits per heavy atom. The van der Waals surface area contributed by atoms with Gasteiger partial charge >= 0.3 is 5.97 Å². The third kappa shape index (κ3) is 3.47. The molecule has 134 valence electrons. The van der Waals surface area contributed by atoms with Gasteiger partial charge in [-0.25, -0.2) is 13.2 Å². The van der Waals surface area contributed by atoms with Gasteiger partial charge in [0.1, 0.15) is 5.69 Å². The van der Waals surface area contributed by atoms with Gasteiger partial charge in [-0.1, -0.05) is 23.7 Å². The molecule has 0 aliphatic carbocycles. The number of halogens is 1. The third-order valence-electron chi connectivity index (χ3n) is 3.58. The fraction of sp³-hybridized carbons (Fsp3) is 0.118. The van der Waals surface area contributed by atoms with Gasteiger partial charge < -0.3 is 4.74 Å². The van der Waals surface area contributed by atoms with Crippen LogP contribution < -0.4 is 0 Å². The summed E-state index contributed by atoms with van der Waals surface area (Å²) in [4.78, 5) is 12.1. The van der Waals surface area contributed by atoms with E-state index in [-0.39, 0.29) is 22.1 Å². The molecule has 0 atom stereocenters. The van der Waals surface area contributed by atoms with Crippen molar-refractivity contribution in [2.24, 2.45) is 0 Å². The number of carbonyl (C=O) groups is 1. The summed E-state index contributed by atoms with van der Waals surface area (Å²) < 4.78 is 30.2. The Balaban J connectivity index is 1.94. The fourth-order valence-electron chi connectivity index (χ4n) is 2.32. The molecule has 26 heavy (non-hydrogen) atoms. The van der Waals surface area contributed by atoms with Crippen molar-refractivity contribution in [2.75, 3.05) is 6.61 Å². The van der Waals surface area contributed by atoms with E-state index in [1.54, 1.807) is 19.1 Å². The molecule has 0 bridgehead atoms. The quantitative estimate of drug-likeness (QED) is 0.670. The first-order valence-corrected chi connectivity index (χ1v) is 9.48. The Hall–Kier alpha value is -2.71. The number of carbonyl (C=O) groups excluding carboxylic acids is 1. The summed E-state index contributed by atoms with van der Waals surface area (Å²) in [5.74, 6) is -0.603. The Bertz CT molecular complexity index is 1030. The van der Waals surface area contributed by atoms with E-state index >= 15 is 0 Å². The summed E-state index contributed by atoms with van der Waals surface area (Å²) in [7, 11) is -3.67. The van der Waals surface area contributed by atoms with Gasteiger partial charge in [-0.3, -0.25) is 0 Å². The molecule has 0 spiro atoms. The van der Waals surface area contributed by atoms with Crippen molar-refractivity contribution in [2.45, 2.75) is 16.7 Å². The van der Waals surface area contributed by atoms with Gasteiger partial charge in [0.15, 0.2) is 5.69 Å². The highest BCUT2D eigenvalue weighted by atomic mass is 35.5. The largest absolute Gasteiger partial charge is 0.461 e. The van der Waals surface area contributed by atoms with E-state index < -0.39 is 15.8 Å². The van der Waals surface area contributed by atoms with Crippen LogP contribution in [0.15, 0.2) is 58.3 Å². The SMILES string of the molecule is CCOC(=O)c1n[nH]nc1-c1ccc(S(=O)(=O)c2ccc(Cl)cc2)cc1. The lowest BCUT2D eigenvalue weighted by molar-refractivity contribution is 0.0520. The summed E-state index contributed by atoms with van der Waals surface area (Å²) >= 11 is 5.80. The maximum absolute atomic E-state index is 12.7. The number of esters is 1. The van der Waals surface area contributed by atoms with Crippen LogP contribution in [0.1, 0.15) is 17.4 Å². The van der Waals surface area contributed by atoms with E-state index in [1.165, 1.54) is 36.4 Å². The van der Waals surface area contributed by atoms with Gasteiger partial charge in [-0.05, 0) is 43.3 Å².